The van der Waals surface area contributed by atoms with Crippen LogP contribution in [0.25, 0.3) is 0 Å². The van der Waals surface area contributed by atoms with Gasteiger partial charge in [0.1, 0.15) is 23.9 Å². The Kier molecular flexibility index (Phi) is 6.93. The Labute approximate surface area is 139 Å². The lowest BCUT2D eigenvalue weighted by Crippen LogP contribution is -2.64. The van der Waals surface area contributed by atoms with Crippen LogP contribution in [0.5, 0.6) is 0 Å². The molecule has 0 aromatic rings. The summed E-state index contributed by atoms with van der Waals surface area (Å²) in [7, 11) is 0. The Balaban J connectivity index is 2.95. The van der Waals surface area contributed by atoms with Crippen LogP contribution in [0.2, 0.25) is 0 Å². The van der Waals surface area contributed by atoms with E-state index in [1.54, 1.807) is 20.8 Å². The van der Waals surface area contributed by atoms with Crippen molar-refractivity contribution in [2.24, 2.45) is 0 Å². The highest BCUT2D eigenvalue weighted by Crippen LogP contribution is 2.25. The number of rotatable bonds is 5. The first kappa shape index (κ1) is 20.6. The van der Waals surface area contributed by atoms with Crippen LogP contribution in [0.15, 0.2) is 0 Å². The number of ether oxygens (including phenoxy) is 2. The third kappa shape index (κ3) is 5.56. The molecule has 6 atom stereocenters. The molecular weight excluding hydrogens is 326 g/mol. The van der Waals surface area contributed by atoms with Gasteiger partial charge in [0.15, 0.2) is 6.10 Å². The smallest absolute Gasteiger partial charge is 0.408 e. The lowest BCUT2D eigenvalue weighted by atomic mass is 9.90. The molecule has 0 spiro atoms. The zero-order chi connectivity index (χ0) is 18.7. The molecule has 0 unspecified atom stereocenters. The summed E-state index contributed by atoms with van der Waals surface area (Å²) in [6, 6.07) is -1.23. The number of hydrogen-bond donors (Lipinski definition) is 6. The molecule has 1 fully saturated rings. The van der Waals surface area contributed by atoms with E-state index in [0.29, 0.717) is 0 Å². The molecule has 1 aliphatic heterocycles. The molecule has 24 heavy (non-hydrogen) atoms. The number of amides is 1. The number of alkyl carbamates (subject to hydrolysis) is 1. The highest BCUT2D eigenvalue weighted by atomic mass is 16.6. The van der Waals surface area contributed by atoms with E-state index in [2.05, 4.69) is 5.32 Å². The molecule has 1 aliphatic rings. The van der Waals surface area contributed by atoms with Gasteiger partial charge in [-0.3, -0.25) is 0 Å². The lowest BCUT2D eigenvalue weighted by Gasteiger charge is -2.41. The van der Waals surface area contributed by atoms with Crippen molar-refractivity contribution in [3.8, 4) is 0 Å². The quantitative estimate of drug-likeness (QED) is 0.335. The number of nitrogens with one attached hydrogen (secondary N) is 1. The third-order valence-corrected chi connectivity index (χ3v) is 3.42. The second-order valence-corrected chi connectivity index (χ2v) is 6.64. The van der Waals surface area contributed by atoms with Gasteiger partial charge in [-0.15, -0.1) is 0 Å². The van der Waals surface area contributed by atoms with Crippen LogP contribution in [0.4, 0.5) is 4.79 Å². The highest BCUT2D eigenvalue weighted by Gasteiger charge is 2.46. The summed E-state index contributed by atoms with van der Waals surface area (Å²) in [5, 5.41) is 50.0. The lowest BCUT2D eigenvalue weighted by molar-refractivity contribution is -0.194. The minimum Gasteiger partial charge on any atom is -0.479 e. The fraction of sp³-hybridized carbons (Fsp3) is 0.857. The van der Waals surface area contributed by atoms with Crippen molar-refractivity contribution in [2.45, 2.75) is 69.4 Å². The molecular formula is C14H25NO9. The van der Waals surface area contributed by atoms with Crippen LogP contribution in [-0.4, -0.2) is 86.4 Å². The summed E-state index contributed by atoms with van der Waals surface area (Å²) in [6.45, 7) is 4.07. The molecule has 10 nitrogen and oxygen atoms in total. The van der Waals surface area contributed by atoms with Gasteiger partial charge in [0, 0.05) is 6.42 Å². The minimum atomic E-state index is -1.73. The van der Waals surface area contributed by atoms with Crippen molar-refractivity contribution < 1.29 is 44.6 Å². The summed E-state index contributed by atoms with van der Waals surface area (Å²) in [4.78, 5) is 23.0. The average Bonchev–Trinajstić information content (AvgIpc) is 2.45. The molecule has 0 aromatic heterocycles. The average molecular weight is 351 g/mol. The first-order chi connectivity index (χ1) is 11.0. The van der Waals surface area contributed by atoms with Crippen LogP contribution in [0.3, 0.4) is 0 Å². The van der Waals surface area contributed by atoms with E-state index in [1.165, 1.54) is 0 Å². The van der Waals surface area contributed by atoms with E-state index in [1.807, 2.05) is 0 Å². The minimum absolute atomic E-state index is 0.325. The zero-order valence-electron chi connectivity index (χ0n) is 13.7. The van der Waals surface area contributed by atoms with Crippen molar-refractivity contribution >= 4 is 12.1 Å². The van der Waals surface area contributed by atoms with Gasteiger partial charge in [0.25, 0.3) is 0 Å². The third-order valence-electron chi connectivity index (χ3n) is 3.42. The molecule has 1 heterocycles. The highest BCUT2D eigenvalue weighted by molar-refractivity contribution is 5.73. The van der Waals surface area contributed by atoms with Crippen molar-refractivity contribution in [1.82, 2.24) is 5.32 Å². The molecule has 6 N–H and O–H groups in total. The van der Waals surface area contributed by atoms with Crippen molar-refractivity contribution in [2.75, 3.05) is 6.61 Å². The molecule has 1 rings (SSSR count). The number of aliphatic carboxylic acids is 1. The van der Waals surface area contributed by atoms with E-state index in [-0.39, 0.29) is 6.42 Å². The molecule has 1 saturated heterocycles. The van der Waals surface area contributed by atoms with Crippen molar-refractivity contribution in [3.05, 3.63) is 0 Å². The normalized spacial score (nSPS) is 30.3. The Morgan fingerprint density at radius 3 is 2.38 bits per heavy atom. The Bertz CT molecular complexity index is 450. The molecule has 140 valence electrons. The maximum atomic E-state index is 11.9. The van der Waals surface area contributed by atoms with E-state index in [4.69, 9.17) is 19.7 Å². The second-order valence-electron chi connectivity index (χ2n) is 6.64. The Hall–Kier alpha value is -1.46. The monoisotopic (exact) mass is 351 g/mol. The topological polar surface area (TPSA) is 166 Å². The Morgan fingerprint density at radius 1 is 1.33 bits per heavy atom. The number of carbonyl (C=O) groups excluding carboxylic acids is 1. The molecule has 0 bridgehead atoms. The number of carboxylic acid groups (broad SMARTS) is 1. The standard InChI is InChI=1S/C14H25NO9/c1-14(2,3)24-13(22)15-9-6(17)4-8(12(20)21)23-11(9)10(19)7(18)5-16/h6-11,16-19H,4-5H2,1-3H3,(H,15,22)(H,20,21)/t6-,7+,8-,9+,10+,11+/m0/s1. The van der Waals surface area contributed by atoms with Gasteiger partial charge in [-0.25, -0.2) is 9.59 Å². The first-order valence-corrected chi connectivity index (χ1v) is 7.49. The number of carbonyl (C=O) groups is 2. The van der Waals surface area contributed by atoms with Crippen molar-refractivity contribution in [3.63, 3.8) is 0 Å². The van der Waals surface area contributed by atoms with E-state index >= 15 is 0 Å². The summed E-state index contributed by atoms with van der Waals surface area (Å²) in [5.41, 5.74) is -0.813. The molecule has 10 heteroatoms. The van der Waals surface area contributed by atoms with Gasteiger partial charge >= 0.3 is 12.1 Å². The summed E-state index contributed by atoms with van der Waals surface area (Å²) in [6.07, 6.45) is -8.84. The Morgan fingerprint density at radius 2 is 1.92 bits per heavy atom. The molecule has 0 saturated carbocycles. The van der Waals surface area contributed by atoms with Crippen molar-refractivity contribution in [1.29, 1.82) is 0 Å². The van der Waals surface area contributed by atoms with Crippen LogP contribution in [0, 0.1) is 0 Å². The maximum absolute atomic E-state index is 11.9. The first-order valence-electron chi connectivity index (χ1n) is 7.49. The van der Waals surface area contributed by atoms with Gasteiger partial charge in [0.05, 0.1) is 18.8 Å². The fourth-order valence-electron chi connectivity index (χ4n) is 2.32. The largest absolute Gasteiger partial charge is 0.479 e. The van der Waals surface area contributed by atoms with E-state index in [9.17, 15) is 24.9 Å². The predicted octanol–water partition coefficient (Wildman–Crippen LogP) is -1.80. The second kappa shape index (κ2) is 8.08. The summed E-state index contributed by atoms with van der Waals surface area (Å²) < 4.78 is 10.2. The van der Waals surface area contributed by atoms with Crippen LogP contribution < -0.4 is 5.32 Å². The summed E-state index contributed by atoms with van der Waals surface area (Å²) >= 11 is 0. The van der Waals surface area contributed by atoms with Gasteiger partial charge in [-0.05, 0) is 20.8 Å². The van der Waals surface area contributed by atoms with Gasteiger partial charge < -0.3 is 40.3 Å². The number of aliphatic hydroxyl groups is 4. The van der Waals surface area contributed by atoms with Gasteiger partial charge in [0.2, 0.25) is 0 Å². The van der Waals surface area contributed by atoms with E-state index in [0.717, 1.165) is 0 Å². The molecule has 1 amide bonds. The van der Waals surface area contributed by atoms with Gasteiger partial charge in [-0.1, -0.05) is 0 Å². The molecule has 0 aliphatic carbocycles. The molecule has 0 aromatic carbocycles. The number of hydrogen-bond acceptors (Lipinski definition) is 8. The zero-order valence-corrected chi connectivity index (χ0v) is 13.7. The van der Waals surface area contributed by atoms with Crippen LogP contribution >= 0.6 is 0 Å². The maximum Gasteiger partial charge on any atom is 0.408 e. The SMILES string of the molecule is CC(C)(C)OC(=O)N[C@H]1[C@H]([C@H](O)[C@H](O)CO)O[C@H](C(=O)O)C[C@@H]1O. The fourth-order valence-corrected chi connectivity index (χ4v) is 2.32. The number of carboxylic acids is 1. The summed E-state index contributed by atoms with van der Waals surface area (Å²) in [5.74, 6) is -1.36. The van der Waals surface area contributed by atoms with E-state index < -0.39 is 60.8 Å². The predicted molar refractivity (Wildman–Crippen MR) is 79.2 cm³/mol. The van der Waals surface area contributed by atoms with Crippen LogP contribution in [0.1, 0.15) is 27.2 Å². The molecule has 0 radical (unpaired) electrons. The van der Waals surface area contributed by atoms with Crippen LogP contribution in [-0.2, 0) is 14.3 Å². The van der Waals surface area contributed by atoms with Gasteiger partial charge in [-0.2, -0.15) is 0 Å². The number of aliphatic hydroxyl groups excluding tert-OH is 4.